The van der Waals surface area contributed by atoms with Crippen molar-refractivity contribution in [2.75, 3.05) is 7.11 Å². The summed E-state index contributed by atoms with van der Waals surface area (Å²) in [6.45, 7) is -0.0744. The van der Waals surface area contributed by atoms with Crippen molar-refractivity contribution in [3.8, 4) is 16.5 Å². The van der Waals surface area contributed by atoms with Crippen LogP contribution in [0.2, 0.25) is 0 Å². The van der Waals surface area contributed by atoms with Crippen molar-refractivity contribution in [1.29, 1.82) is 0 Å². The van der Waals surface area contributed by atoms with Crippen LogP contribution in [0.5, 0.6) is 5.75 Å². The van der Waals surface area contributed by atoms with Crippen LogP contribution in [0.1, 0.15) is 23.8 Å². The van der Waals surface area contributed by atoms with Gasteiger partial charge in [0.15, 0.2) is 0 Å². The van der Waals surface area contributed by atoms with Gasteiger partial charge in [0.1, 0.15) is 24.1 Å². The average Bonchev–Trinajstić information content (AvgIpc) is 3.59. The Morgan fingerprint density at radius 1 is 1.23 bits per heavy atom. The number of methoxy groups -OCH3 is 1. The molecule has 4 aromatic rings. The number of carbonyl (C=O) groups is 1. The van der Waals surface area contributed by atoms with E-state index in [-0.39, 0.29) is 18.5 Å². The Morgan fingerprint density at radius 3 is 2.81 bits per heavy atom. The minimum atomic E-state index is -0.333. The van der Waals surface area contributed by atoms with Gasteiger partial charge in [-0.2, -0.15) is 9.90 Å². The van der Waals surface area contributed by atoms with Gasteiger partial charge in [0.05, 0.1) is 24.0 Å². The SMILES string of the molecule is COc1ccc(C2=NN(C(=O)Cn3nnc(-c4cccs4)n3)C(c3ccco3)C2)cc1. The number of tetrazole rings is 1. The Kier molecular flexibility index (Phi) is 5.04. The second kappa shape index (κ2) is 8.15. The summed E-state index contributed by atoms with van der Waals surface area (Å²) < 4.78 is 10.8. The fraction of sp³-hybridized carbons (Fsp3) is 0.190. The number of nitrogens with zero attached hydrogens (tertiary/aromatic N) is 6. The molecule has 10 heteroatoms. The number of furan rings is 1. The molecule has 156 valence electrons. The highest BCUT2D eigenvalue weighted by molar-refractivity contribution is 7.13. The van der Waals surface area contributed by atoms with Crippen LogP contribution in [0.25, 0.3) is 10.7 Å². The molecule has 31 heavy (non-hydrogen) atoms. The molecular formula is C21H18N6O3S. The highest BCUT2D eigenvalue weighted by Gasteiger charge is 2.35. The van der Waals surface area contributed by atoms with Crippen LogP contribution < -0.4 is 4.74 Å². The molecule has 5 rings (SSSR count). The maximum absolute atomic E-state index is 13.1. The molecule has 0 saturated heterocycles. The monoisotopic (exact) mass is 434 g/mol. The van der Waals surface area contributed by atoms with Crippen molar-refractivity contribution in [3.63, 3.8) is 0 Å². The number of carbonyl (C=O) groups excluding carboxylic acids is 1. The van der Waals surface area contributed by atoms with Gasteiger partial charge in [-0.1, -0.05) is 6.07 Å². The van der Waals surface area contributed by atoms with Gasteiger partial charge in [0.25, 0.3) is 5.91 Å². The predicted octanol–water partition coefficient (Wildman–Crippen LogP) is 3.38. The second-order valence-electron chi connectivity index (χ2n) is 6.87. The molecular weight excluding hydrogens is 416 g/mol. The Bertz CT molecular complexity index is 1200. The number of benzene rings is 1. The molecule has 1 aromatic carbocycles. The molecule has 9 nitrogen and oxygen atoms in total. The van der Waals surface area contributed by atoms with Crippen molar-refractivity contribution < 1.29 is 13.9 Å². The molecule has 0 aliphatic carbocycles. The third-order valence-electron chi connectivity index (χ3n) is 4.93. The molecule has 1 unspecified atom stereocenters. The first-order chi connectivity index (χ1) is 15.2. The lowest BCUT2D eigenvalue weighted by Gasteiger charge is -2.19. The van der Waals surface area contributed by atoms with Crippen molar-refractivity contribution >= 4 is 23.0 Å². The van der Waals surface area contributed by atoms with Gasteiger partial charge in [-0.25, -0.2) is 5.01 Å². The first-order valence-electron chi connectivity index (χ1n) is 9.60. The zero-order chi connectivity index (χ0) is 21.2. The highest BCUT2D eigenvalue weighted by atomic mass is 32.1. The van der Waals surface area contributed by atoms with E-state index in [2.05, 4.69) is 20.5 Å². The molecule has 0 N–H and O–H groups in total. The number of thiophene rings is 1. The molecule has 1 aliphatic rings. The van der Waals surface area contributed by atoms with Crippen LogP contribution in [0.4, 0.5) is 0 Å². The summed E-state index contributed by atoms with van der Waals surface area (Å²) in [7, 11) is 1.62. The predicted molar refractivity (Wildman–Crippen MR) is 114 cm³/mol. The Labute approximate surface area is 181 Å². The summed E-state index contributed by atoms with van der Waals surface area (Å²) in [4.78, 5) is 15.3. The molecule has 1 amide bonds. The number of rotatable bonds is 6. The third-order valence-corrected chi connectivity index (χ3v) is 5.80. The molecule has 0 saturated carbocycles. The fourth-order valence-electron chi connectivity index (χ4n) is 3.41. The number of ether oxygens (including phenoxy) is 1. The van der Waals surface area contributed by atoms with E-state index in [9.17, 15) is 4.79 Å². The van der Waals surface area contributed by atoms with E-state index in [0.717, 1.165) is 21.9 Å². The molecule has 0 bridgehead atoms. The zero-order valence-electron chi connectivity index (χ0n) is 16.6. The highest BCUT2D eigenvalue weighted by Crippen LogP contribution is 2.33. The molecule has 0 fully saturated rings. The summed E-state index contributed by atoms with van der Waals surface area (Å²) in [6, 6.07) is 14.7. The van der Waals surface area contributed by atoms with Crippen LogP contribution in [-0.4, -0.2) is 43.9 Å². The maximum Gasteiger partial charge on any atom is 0.267 e. The third kappa shape index (κ3) is 3.84. The van der Waals surface area contributed by atoms with Crippen LogP contribution >= 0.6 is 11.3 Å². The van der Waals surface area contributed by atoms with Crippen LogP contribution in [-0.2, 0) is 11.3 Å². The van der Waals surface area contributed by atoms with Crippen LogP contribution in [0.3, 0.4) is 0 Å². The molecule has 1 atom stereocenters. The second-order valence-corrected chi connectivity index (χ2v) is 7.82. The standard InChI is InChI=1S/C21H18N6O3S/c1-29-15-8-6-14(7-9-15)16-12-17(18-4-2-10-30-18)27(23-16)20(28)13-26-24-21(22-25-26)19-5-3-11-31-19/h2-11,17H,12-13H2,1H3. The lowest BCUT2D eigenvalue weighted by molar-refractivity contribution is -0.134. The Morgan fingerprint density at radius 2 is 2.10 bits per heavy atom. The molecule has 1 aliphatic heterocycles. The van der Waals surface area contributed by atoms with Gasteiger partial charge in [-0.05, 0) is 58.6 Å². The number of hydrazone groups is 1. The van der Waals surface area contributed by atoms with E-state index >= 15 is 0 Å². The largest absolute Gasteiger partial charge is 0.497 e. The Balaban J connectivity index is 1.39. The Hall–Kier alpha value is -3.79. The van der Waals surface area contributed by atoms with E-state index in [1.54, 1.807) is 19.4 Å². The minimum absolute atomic E-state index is 0.0744. The average molecular weight is 434 g/mol. The number of amides is 1. The summed E-state index contributed by atoms with van der Waals surface area (Å²) in [5.41, 5.74) is 1.72. The van der Waals surface area contributed by atoms with Gasteiger partial charge in [-0.15, -0.1) is 21.5 Å². The van der Waals surface area contributed by atoms with Crippen LogP contribution in [0.15, 0.2) is 69.7 Å². The van der Waals surface area contributed by atoms with E-state index < -0.39 is 0 Å². The zero-order valence-corrected chi connectivity index (χ0v) is 17.4. The first kappa shape index (κ1) is 19.2. The van der Waals surface area contributed by atoms with E-state index in [1.165, 1.54) is 21.1 Å². The lowest BCUT2D eigenvalue weighted by atomic mass is 10.0. The number of aromatic nitrogens is 4. The quantitative estimate of drug-likeness (QED) is 0.461. The molecule has 0 spiro atoms. The summed E-state index contributed by atoms with van der Waals surface area (Å²) in [5.74, 6) is 1.68. The van der Waals surface area contributed by atoms with E-state index in [4.69, 9.17) is 9.15 Å². The van der Waals surface area contributed by atoms with Crippen molar-refractivity contribution in [1.82, 2.24) is 25.2 Å². The molecule has 0 radical (unpaired) electrons. The van der Waals surface area contributed by atoms with E-state index in [0.29, 0.717) is 18.0 Å². The van der Waals surface area contributed by atoms with Gasteiger partial charge in [0, 0.05) is 6.42 Å². The summed E-state index contributed by atoms with van der Waals surface area (Å²) >= 11 is 1.52. The minimum Gasteiger partial charge on any atom is -0.497 e. The maximum atomic E-state index is 13.1. The van der Waals surface area contributed by atoms with Crippen molar-refractivity contribution in [2.24, 2.45) is 5.10 Å². The summed E-state index contributed by atoms with van der Waals surface area (Å²) in [6.07, 6.45) is 2.13. The fourth-order valence-corrected chi connectivity index (χ4v) is 4.06. The topological polar surface area (TPSA) is 98.6 Å². The number of hydrogen-bond acceptors (Lipinski definition) is 8. The first-order valence-corrected chi connectivity index (χ1v) is 10.5. The van der Waals surface area contributed by atoms with Gasteiger partial charge < -0.3 is 9.15 Å². The van der Waals surface area contributed by atoms with Gasteiger partial charge in [0.2, 0.25) is 5.82 Å². The van der Waals surface area contributed by atoms with Gasteiger partial charge >= 0.3 is 0 Å². The summed E-state index contributed by atoms with van der Waals surface area (Å²) in [5, 5.41) is 20.4. The molecule has 3 aromatic heterocycles. The molecule has 4 heterocycles. The van der Waals surface area contributed by atoms with Crippen LogP contribution in [0, 0.1) is 0 Å². The normalized spacial score (nSPS) is 15.8. The van der Waals surface area contributed by atoms with Crippen molar-refractivity contribution in [3.05, 3.63) is 71.5 Å². The smallest absolute Gasteiger partial charge is 0.267 e. The lowest BCUT2D eigenvalue weighted by Crippen LogP contribution is -2.31. The van der Waals surface area contributed by atoms with Crippen molar-refractivity contribution in [2.45, 2.75) is 19.0 Å². The van der Waals surface area contributed by atoms with Gasteiger partial charge in [-0.3, -0.25) is 4.79 Å². The number of hydrogen-bond donors (Lipinski definition) is 0. The van der Waals surface area contributed by atoms with E-state index in [1.807, 2.05) is 47.8 Å².